The minimum atomic E-state index is -0.849. The molecule has 0 spiro atoms. The molecule has 2 aromatic carbocycles. The average Bonchev–Trinajstić information content (AvgIpc) is 3.45. The summed E-state index contributed by atoms with van der Waals surface area (Å²) in [5.41, 5.74) is 0.984. The van der Waals surface area contributed by atoms with Crippen LogP contribution in [0.4, 0.5) is 14.9 Å². The second-order valence-corrected chi connectivity index (χ2v) is 11.9. The predicted molar refractivity (Wildman–Crippen MR) is 170 cm³/mol. The van der Waals surface area contributed by atoms with E-state index in [0.717, 1.165) is 11.8 Å². The fourth-order valence-electron chi connectivity index (χ4n) is 3.87. The van der Waals surface area contributed by atoms with E-state index in [1.165, 1.54) is 26.4 Å². The number of halogens is 1. The summed E-state index contributed by atoms with van der Waals surface area (Å²) in [5, 5.41) is 4.07. The van der Waals surface area contributed by atoms with E-state index in [-0.39, 0.29) is 65.7 Å². The fraction of sp³-hybridized carbons (Fsp3) is 0.414. The van der Waals surface area contributed by atoms with Crippen molar-refractivity contribution in [2.75, 3.05) is 27.1 Å². The van der Waals surface area contributed by atoms with Gasteiger partial charge in [0.2, 0.25) is 31.2 Å². The Labute approximate surface area is 265 Å². The number of ether oxygens (including phenoxy) is 3. The van der Waals surface area contributed by atoms with Gasteiger partial charge in [-0.1, -0.05) is 19.0 Å². The summed E-state index contributed by atoms with van der Waals surface area (Å²) in [4.78, 5) is 25.0. The lowest BCUT2D eigenvalue weighted by atomic mass is 9.89. The number of aliphatic imine (C=N–C) groups is 2. The number of aryl methyl sites for hydroxylation is 1. The van der Waals surface area contributed by atoms with Crippen LogP contribution in [0.5, 0.6) is 11.5 Å². The first kappa shape index (κ1) is 35.1. The number of carbonyl (C=O) groups excluding carboxylic acids is 1. The average molecular weight is 659 g/mol. The van der Waals surface area contributed by atoms with Crippen molar-refractivity contribution in [2.24, 2.45) is 15.4 Å². The maximum atomic E-state index is 15.9. The summed E-state index contributed by atoms with van der Waals surface area (Å²) >= 11 is 1.12. The largest absolute Gasteiger partial charge is 0.493 e. The lowest BCUT2D eigenvalue weighted by molar-refractivity contribution is -0.0855. The molecular formula is C29H35FN4O7SSi2. The van der Waals surface area contributed by atoms with E-state index in [1.807, 2.05) is 26.9 Å². The summed E-state index contributed by atoms with van der Waals surface area (Å²) in [6, 6.07) is 9.65. The minimum Gasteiger partial charge on any atom is -0.493 e. The molecule has 0 aliphatic heterocycles. The minimum absolute atomic E-state index is 0.0548. The molecule has 0 atom stereocenters. The summed E-state index contributed by atoms with van der Waals surface area (Å²) in [5.74, 6) is 0.717. The van der Waals surface area contributed by atoms with Crippen molar-refractivity contribution in [1.29, 1.82) is 0 Å². The van der Waals surface area contributed by atoms with Crippen molar-refractivity contribution in [3.8, 4) is 22.9 Å². The molecule has 15 heteroatoms. The topological polar surface area (TPSA) is 127 Å². The molecule has 11 nitrogen and oxygen atoms in total. The van der Waals surface area contributed by atoms with Crippen molar-refractivity contribution in [2.45, 2.75) is 46.6 Å². The molecule has 1 aromatic heterocycles. The molecule has 0 aliphatic carbocycles. The van der Waals surface area contributed by atoms with E-state index in [1.54, 1.807) is 37.4 Å². The molecule has 0 unspecified atom stereocenters. The van der Waals surface area contributed by atoms with Gasteiger partial charge in [-0.15, -0.1) is 11.8 Å². The van der Waals surface area contributed by atoms with Crippen molar-refractivity contribution in [1.82, 2.24) is 10.1 Å². The normalized spacial score (nSPS) is 12.5. The molecule has 1 amide bonds. The molecule has 44 heavy (non-hydrogen) atoms. The van der Waals surface area contributed by atoms with Crippen LogP contribution in [0.3, 0.4) is 0 Å². The van der Waals surface area contributed by atoms with Gasteiger partial charge in [-0.05, 0) is 56.1 Å². The third kappa shape index (κ3) is 9.31. The monoisotopic (exact) mass is 658 g/mol. The third-order valence-electron chi connectivity index (χ3n) is 6.26. The first-order chi connectivity index (χ1) is 21.1. The van der Waals surface area contributed by atoms with Gasteiger partial charge in [-0.3, -0.25) is 0 Å². The Morgan fingerprint density at radius 3 is 2.34 bits per heavy atom. The number of thioether (sulfide) groups is 1. The fourth-order valence-corrected chi connectivity index (χ4v) is 5.64. The second kappa shape index (κ2) is 16.6. The maximum absolute atomic E-state index is 15.9. The Kier molecular flexibility index (Phi) is 13.3. The van der Waals surface area contributed by atoms with Gasteiger partial charge in [-0.25, -0.2) is 14.2 Å². The maximum Gasteiger partial charge on any atom is 0.434 e. The molecule has 3 aromatic rings. The molecule has 0 saturated heterocycles. The van der Waals surface area contributed by atoms with Gasteiger partial charge in [0.25, 0.3) is 0 Å². The van der Waals surface area contributed by atoms with E-state index in [9.17, 15) is 4.79 Å². The number of amides is 1. The van der Waals surface area contributed by atoms with Gasteiger partial charge in [0.05, 0.1) is 26.5 Å². The van der Waals surface area contributed by atoms with E-state index in [2.05, 4.69) is 20.1 Å². The number of hydrogen-bond acceptors (Lipinski definition) is 11. The molecule has 0 bridgehead atoms. The van der Waals surface area contributed by atoms with Crippen LogP contribution in [0, 0.1) is 18.2 Å². The van der Waals surface area contributed by atoms with Crippen LogP contribution in [-0.4, -0.2) is 79.9 Å². The van der Waals surface area contributed by atoms with Gasteiger partial charge in [0.1, 0.15) is 22.9 Å². The summed E-state index contributed by atoms with van der Waals surface area (Å²) in [6.45, 7) is 9.92. The van der Waals surface area contributed by atoms with Crippen LogP contribution in [0.1, 0.15) is 31.7 Å². The SMILES string of the molecule is COC(=O)N=C(SC)C(=Nc1ccc(-c2noc(C)n2)cc1)c1cc(OC)c(OCCC(C)(C)C(O[Si]C)O[Si]C)cc1F. The Morgan fingerprint density at radius 1 is 1.11 bits per heavy atom. The molecular weight excluding hydrogens is 624 g/mol. The summed E-state index contributed by atoms with van der Waals surface area (Å²) in [7, 11) is 3.23. The van der Waals surface area contributed by atoms with Crippen molar-refractivity contribution >= 4 is 53.8 Å². The Morgan fingerprint density at radius 2 is 1.80 bits per heavy atom. The standard InChI is InChI=1S/C29H35FN4O7SSi2/c1-17-31-25(34-39-17)18-9-11-19(12-10-18)32-24(26(42-6)33-28(35)37-5)20-15-22(36-4)23(16-21(20)30)38-14-13-29(2,3)27(40-43-7)41-44-8/h9-12,15-16,27H,13-14H2,1-8H3. The van der Waals surface area contributed by atoms with Crippen LogP contribution in [0.15, 0.2) is 50.9 Å². The lowest BCUT2D eigenvalue weighted by Gasteiger charge is -2.34. The van der Waals surface area contributed by atoms with Crippen LogP contribution < -0.4 is 9.47 Å². The lowest BCUT2D eigenvalue weighted by Crippen LogP contribution is -2.37. The predicted octanol–water partition coefficient (Wildman–Crippen LogP) is 6.33. The Bertz CT molecular complexity index is 1460. The molecule has 1 heterocycles. The van der Waals surface area contributed by atoms with E-state index >= 15 is 4.39 Å². The number of methoxy groups -OCH3 is 2. The summed E-state index contributed by atoms with van der Waals surface area (Å²) < 4.78 is 48.8. The molecule has 3 rings (SSSR count). The number of hydrogen-bond donors (Lipinski definition) is 0. The molecule has 0 N–H and O–H groups in total. The van der Waals surface area contributed by atoms with E-state index < -0.39 is 11.9 Å². The van der Waals surface area contributed by atoms with Crippen LogP contribution >= 0.6 is 11.8 Å². The van der Waals surface area contributed by atoms with Gasteiger partial charge in [0.15, 0.2) is 11.5 Å². The molecule has 0 saturated carbocycles. The van der Waals surface area contributed by atoms with Crippen molar-refractivity contribution in [3.63, 3.8) is 0 Å². The molecule has 4 radical (unpaired) electrons. The first-order valence-electron chi connectivity index (χ1n) is 13.4. The third-order valence-corrected chi connectivity index (χ3v) is 7.83. The first-order valence-corrected chi connectivity index (χ1v) is 17.5. The van der Waals surface area contributed by atoms with Crippen LogP contribution in [0.2, 0.25) is 13.1 Å². The highest BCUT2D eigenvalue weighted by molar-refractivity contribution is 8.15. The van der Waals surface area contributed by atoms with Crippen molar-refractivity contribution < 1.29 is 36.8 Å². The highest BCUT2D eigenvalue weighted by Crippen LogP contribution is 2.34. The molecule has 0 aliphatic rings. The second-order valence-electron chi connectivity index (χ2n) is 9.78. The van der Waals surface area contributed by atoms with Crippen molar-refractivity contribution in [3.05, 3.63) is 53.7 Å². The smallest absolute Gasteiger partial charge is 0.434 e. The molecule has 0 fully saturated rings. The van der Waals surface area contributed by atoms with Gasteiger partial charge < -0.3 is 27.6 Å². The Hall–Kier alpha value is -3.38. The highest BCUT2D eigenvalue weighted by atomic mass is 32.2. The number of carbonyl (C=O) groups is 1. The summed E-state index contributed by atoms with van der Waals surface area (Å²) in [6.07, 6.45) is 1.04. The molecule has 234 valence electrons. The van der Waals surface area contributed by atoms with E-state index in [4.69, 9.17) is 27.6 Å². The van der Waals surface area contributed by atoms with E-state index in [0.29, 0.717) is 29.4 Å². The zero-order valence-corrected chi connectivity index (χ0v) is 28.7. The zero-order valence-electron chi connectivity index (χ0n) is 25.9. The number of rotatable bonds is 14. The highest BCUT2D eigenvalue weighted by Gasteiger charge is 2.31. The van der Waals surface area contributed by atoms with Gasteiger partial charge in [-0.2, -0.15) is 9.98 Å². The van der Waals surface area contributed by atoms with Gasteiger partial charge >= 0.3 is 6.09 Å². The van der Waals surface area contributed by atoms with Gasteiger partial charge in [0, 0.05) is 29.5 Å². The van der Waals surface area contributed by atoms with Crippen LogP contribution in [0.25, 0.3) is 11.4 Å². The Balaban J connectivity index is 1.97. The zero-order chi connectivity index (χ0) is 32.3. The van der Waals surface area contributed by atoms with Crippen LogP contribution in [-0.2, 0) is 13.6 Å². The quantitative estimate of drug-likeness (QED) is 0.0839. The number of nitrogens with zero attached hydrogens (tertiary/aromatic N) is 4. The number of benzene rings is 2. The number of aromatic nitrogens is 2.